The number of alkyl halides is 3. The zero-order chi connectivity index (χ0) is 43.2. The molecule has 2 saturated carbocycles. The number of rotatable bonds is 10. The lowest BCUT2D eigenvalue weighted by molar-refractivity contribution is -0.154. The minimum atomic E-state index is -4.66. The molecule has 324 valence electrons. The summed E-state index contributed by atoms with van der Waals surface area (Å²) in [5.41, 5.74) is -0.543. The zero-order valence-corrected chi connectivity index (χ0v) is 34.7. The minimum absolute atomic E-state index is 0.0811. The summed E-state index contributed by atoms with van der Waals surface area (Å²) in [6, 6.07) is 3.75. The normalized spacial score (nSPS) is 26.2. The number of sulfonamides is 1. The number of carbonyl (C=O) groups excluding carboxylic acids is 4. The van der Waals surface area contributed by atoms with Gasteiger partial charge in [0.2, 0.25) is 27.7 Å². The molecule has 60 heavy (non-hydrogen) atoms. The summed E-state index contributed by atoms with van der Waals surface area (Å²) in [4.78, 5) is 62.4. The number of hydrogen-bond donors (Lipinski definition) is 2. The highest BCUT2D eigenvalue weighted by molar-refractivity contribution is 7.91. The minimum Gasteiger partial charge on any atom is -0.496 e. The topological polar surface area (TPSA) is 188 Å². The first kappa shape index (κ1) is 42.9. The van der Waals surface area contributed by atoms with E-state index in [0.717, 1.165) is 6.42 Å². The molecule has 2 aliphatic heterocycles. The number of methoxy groups -OCH3 is 1. The van der Waals surface area contributed by atoms with Crippen LogP contribution in [0.2, 0.25) is 0 Å². The lowest BCUT2D eigenvalue weighted by Gasteiger charge is -2.29. The molecule has 1 aromatic carbocycles. The van der Waals surface area contributed by atoms with Crippen LogP contribution in [-0.4, -0.2) is 101 Å². The van der Waals surface area contributed by atoms with Gasteiger partial charge in [0.05, 0.1) is 35.4 Å². The second kappa shape index (κ2) is 16.3. The predicted octanol–water partition coefficient (Wildman–Crippen LogP) is 4.86. The van der Waals surface area contributed by atoms with E-state index in [2.05, 4.69) is 20.1 Å². The Morgan fingerprint density at radius 1 is 1.08 bits per heavy atom. The molecular formula is C41H49F3N6O9S. The molecule has 0 unspecified atom stereocenters. The number of pyridine rings is 1. The van der Waals surface area contributed by atoms with E-state index in [1.165, 1.54) is 28.8 Å². The monoisotopic (exact) mass is 858 g/mol. The molecular weight excluding hydrogens is 810 g/mol. The molecule has 2 aliphatic carbocycles. The number of fused-ring (bicyclic) bond motifs is 3. The van der Waals surface area contributed by atoms with Crippen LogP contribution in [0.5, 0.6) is 17.4 Å². The average molecular weight is 859 g/mol. The highest BCUT2D eigenvalue weighted by Gasteiger charge is 2.62. The van der Waals surface area contributed by atoms with Gasteiger partial charge in [-0.25, -0.2) is 13.4 Å². The van der Waals surface area contributed by atoms with Crippen molar-refractivity contribution < 1.29 is 55.0 Å². The summed E-state index contributed by atoms with van der Waals surface area (Å²) in [7, 11) is -0.946. The van der Waals surface area contributed by atoms with Crippen molar-refractivity contribution in [2.24, 2.45) is 18.4 Å². The maximum atomic E-state index is 14.7. The van der Waals surface area contributed by atoms with Crippen LogP contribution in [0.25, 0.3) is 10.9 Å². The molecule has 4 heterocycles. The number of aromatic nitrogens is 3. The number of Topliss-reactive ketones (excluding diaryl/α,β-unsaturated/α-hetero) is 1. The Morgan fingerprint density at radius 2 is 1.85 bits per heavy atom. The zero-order valence-electron chi connectivity index (χ0n) is 33.8. The van der Waals surface area contributed by atoms with Crippen LogP contribution in [0.15, 0.2) is 42.6 Å². The van der Waals surface area contributed by atoms with Gasteiger partial charge in [0.1, 0.15) is 29.3 Å². The predicted molar refractivity (Wildman–Crippen MR) is 211 cm³/mol. The van der Waals surface area contributed by atoms with Gasteiger partial charge in [0, 0.05) is 43.1 Å². The van der Waals surface area contributed by atoms with E-state index in [4.69, 9.17) is 14.2 Å². The molecule has 5 atom stereocenters. The first-order valence-corrected chi connectivity index (χ1v) is 21.5. The molecule has 15 nitrogen and oxygen atoms in total. The fourth-order valence-electron chi connectivity index (χ4n) is 8.14. The van der Waals surface area contributed by atoms with Crippen LogP contribution < -0.4 is 24.2 Å². The average Bonchev–Trinajstić information content (AvgIpc) is 3.99. The number of carbonyl (C=O) groups is 4. The van der Waals surface area contributed by atoms with Gasteiger partial charge in [-0.05, 0) is 76.5 Å². The molecule has 1 saturated heterocycles. The summed E-state index contributed by atoms with van der Waals surface area (Å²) in [5, 5.41) is 7.38. The van der Waals surface area contributed by atoms with Gasteiger partial charge in [-0.1, -0.05) is 25.0 Å². The van der Waals surface area contributed by atoms with Crippen molar-refractivity contribution in [2.75, 3.05) is 20.3 Å². The van der Waals surface area contributed by atoms with E-state index in [9.17, 15) is 40.8 Å². The fraction of sp³-hybridized carbons (Fsp3) is 0.561. The summed E-state index contributed by atoms with van der Waals surface area (Å²) in [5.74, 6) is -2.73. The third-order valence-corrected chi connectivity index (χ3v) is 14.3. The van der Waals surface area contributed by atoms with Crippen molar-refractivity contribution in [3.63, 3.8) is 0 Å². The number of ether oxygens (including phenoxy) is 3. The number of ketones is 1. The Kier molecular flexibility index (Phi) is 11.7. The SMILES string of the molecule is COc1ccc2c(O[C@@H]3C[C@H]4C(=O)C[C@]5(C(=O)NS(=O)(=O)C6(C)CC6)C[C@H]5/C=C\CCCCC[C@H](NC(=O)c5ccn(C)n5)C(=O)N4C3)cc(OCC(F)(F)F)nc2c1C. The standard InChI is InChI=1S/C41H49F3N6O9S/c1-24-32(57-4)13-12-27-33(19-34(46-35(24)27)58-23-41(42,43)44)59-26-18-30-31(51)21-40(38(54)48-60(55,56)39(2)15-16-39)20-25(40)10-8-6-5-7-9-11-29(37(53)50(30)22-26)45-36(52)28-14-17-49(3)47-28/h8,10,12-14,17,19,25-26,29-30H,5-7,9,11,15-16,18,20-23H2,1-4H3,(H,45,52)(H,48,54)/b10-8-/t25-,26-,29+,30+,40-/m1/s1. The van der Waals surface area contributed by atoms with E-state index in [1.807, 2.05) is 12.2 Å². The van der Waals surface area contributed by atoms with E-state index in [0.29, 0.717) is 48.8 Å². The Labute approximate surface area is 345 Å². The Balaban J connectivity index is 1.23. The van der Waals surface area contributed by atoms with Crippen LogP contribution in [0.1, 0.15) is 87.2 Å². The van der Waals surface area contributed by atoms with Crippen molar-refractivity contribution in [2.45, 2.75) is 107 Å². The van der Waals surface area contributed by atoms with Crippen LogP contribution in [0.3, 0.4) is 0 Å². The molecule has 0 bridgehead atoms. The van der Waals surface area contributed by atoms with E-state index in [1.54, 1.807) is 39.2 Å². The number of nitrogens with one attached hydrogen (secondary N) is 2. The van der Waals surface area contributed by atoms with Gasteiger partial charge in [0.25, 0.3) is 5.91 Å². The van der Waals surface area contributed by atoms with Gasteiger partial charge in [0.15, 0.2) is 12.4 Å². The molecule has 7 rings (SSSR count). The fourth-order valence-corrected chi connectivity index (χ4v) is 9.47. The van der Waals surface area contributed by atoms with Crippen LogP contribution in [0.4, 0.5) is 13.2 Å². The third kappa shape index (κ3) is 8.95. The molecule has 2 N–H and O–H groups in total. The smallest absolute Gasteiger partial charge is 0.422 e. The van der Waals surface area contributed by atoms with Gasteiger partial charge < -0.3 is 24.4 Å². The first-order chi connectivity index (χ1) is 28.3. The van der Waals surface area contributed by atoms with Crippen molar-refractivity contribution in [3.05, 3.63) is 53.9 Å². The molecule has 3 amide bonds. The number of aryl methyl sites for hydroxylation is 2. The number of allylic oxidation sites excluding steroid dienone is 2. The largest absolute Gasteiger partial charge is 0.496 e. The maximum Gasteiger partial charge on any atom is 0.422 e. The second-order valence-electron chi connectivity index (χ2n) is 16.6. The maximum absolute atomic E-state index is 14.7. The third-order valence-electron chi connectivity index (χ3n) is 12.1. The summed E-state index contributed by atoms with van der Waals surface area (Å²) < 4.78 is 85.8. The van der Waals surface area contributed by atoms with Crippen LogP contribution >= 0.6 is 0 Å². The lowest BCUT2D eigenvalue weighted by atomic mass is 9.91. The second-order valence-corrected chi connectivity index (χ2v) is 18.8. The van der Waals surface area contributed by atoms with Crippen LogP contribution in [-0.2, 0) is 31.5 Å². The van der Waals surface area contributed by atoms with Gasteiger partial charge >= 0.3 is 6.18 Å². The van der Waals surface area contributed by atoms with Gasteiger partial charge in [-0.15, -0.1) is 0 Å². The molecule has 2 aromatic heterocycles. The number of nitrogens with zero attached hydrogens (tertiary/aromatic N) is 4. The highest BCUT2D eigenvalue weighted by Crippen LogP contribution is 2.57. The lowest BCUT2D eigenvalue weighted by Crippen LogP contribution is -2.52. The Hall–Kier alpha value is -5.20. The van der Waals surface area contributed by atoms with Crippen LogP contribution in [0, 0.1) is 18.3 Å². The Morgan fingerprint density at radius 3 is 2.53 bits per heavy atom. The van der Waals surface area contributed by atoms with Crippen molar-refractivity contribution in [1.82, 2.24) is 29.7 Å². The molecule has 19 heteroatoms. The Bertz CT molecular complexity index is 2330. The molecule has 4 aliphatic rings. The highest BCUT2D eigenvalue weighted by atomic mass is 32.2. The van der Waals surface area contributed by atoms with Crippen molar-refractivity contribution in [3.8, 4) is 17.4 Å². The van der Waals surface area contributed by atoms with Gasteiger partial charge in [-0.3, -0.25) is 28.6 Å². The number of amides is 3. The summed E-state index contributed by atoms with van der Waals surface area (Å²) >= 11 is 0. The van der Waals surface area contributed by atoms with E-state index >= 15 is 0 Å². The first-order valence-electron chi connectivity index (χ1n) is 20.0. The summed E-state index contributed by atoms with van der Waals surface area (Å²) in [6.07, 6.45) is 3.27. The number of hydrogen-bond acceptors (Lipinski definition) is 11. The summed E-state index contributed by atoms with van der Waals surface area (Å²) in [6.45, 7) is 1.45. The molecule has 0 spiro atoms. The molecule has 3 fully saturated rings. The number of halogens is 3. The van der Waals surface area contributed by atoms with E-state index < -0.39 is 80.6 Å². The van der Waals surface area contributed by atoms with E-state index in [-0.39, 0.29) is 55.1 Å². The number of benzene rings is 1. The molecule has 3 aromatic rings. The van der Waals surface area contributed by atoms with Crippen molar-refractivity contribution >= 4 is 44.4 Å². The van der Waals surface area contributed by atoms with Crippen molar-refractivity contribution in [1.29, 1.82) is 0 Å². The van der Waals surface area contributed by atoms with Gasteiger partial charge in [-0.2, -0.15) is 18.3 Å². The quantitative estimate of drug-likeness (QED) is 0.265. The molecule has 0 radical (unpaired) electrons.